The molecule has 5 heteroatoms. The van der Waals surface area contributed by atoms with Gasteiger partial charge in [-0.05, 0) is 60.0 Å². The van der Waals surface area contributed by atoms with Gasteiger partial charge in [0.2, 0.25) is 0 Å². The smallest absolute Gasteiger partial charge is 0.145 e. The molecule has 8 aromatic rings. The van der Waals surface area contributed by atoms with Crippen molar-refractivity contribution in [1.82, 2.24) is 18.9 Å². The van der Waals surface area contributed by atoms with E-state index in [4.69, 9.17) is 9.72 Å². The minimum absolute atomic E-state index is 0.763. The predicted molar refractivity (Wildman–Crippen MR) is 149 cm³/mol. The Hall–Kier alpha value is -5.16. The van der Waals surface area contributed by atoms with Gasteiger partial charge in [0.05, 0.1) is 16.7 Å². The van der Waals surface area contributed by atoms with Crippen molar-refractivity contribution in [2.24, 2.45) is 0 Å². The molecule has 0 N–H and O–H groups in total. The van der Waals surface area contributed by atoms with E-state index < -0.39 is 0 Å². The lowest BCUT2D eigenvalue weighted by atomic mass is 10.1. The molecular weight excluding hydrogens is 456 g/mol. The summed E-state index contributed by atoms with van der Waals surface area (Å²) in [7, 11) is 0. The molecule has 0 saturated carbocycles. The fourth-order valence-corrected chi connectivity index (χ4v) is 5.49. The highest BCUT2D eigenvalue weighted by atomic mass is 16.5. The maximum atomic E-state index is 6.42. The average Bonchev–Trinajstić information content (AvgIpc) is 3.57. The number of nitrogens with zero attached hydrogens (tertiary/aromatic N) is 4. The van der Waals surface area contributed by atoms with Crippen molar-refractivity contribution in [1.29, 1.82) is 0 Å². The zero-order chi connectivity index (χ0) is 24.3. The van der Waals surface area contributed by atoms with Crippen LogP contribution in [0, 0.1) is 0 Å². The highest BCUT2D eigenvalue weighted by molar-refractivity contribution is 6.12. The van der Waals surface area contributed by atoms with Crippen molar-refractivity contribution in [3.8, 4) is 17.2 Å². The van der Waals surface area contributed by atoms with Gasteiger partial charge in [-0.1, -0.05) is 42.5 Å². The van der Waals surface area contributed by atoms with E-state index in [-0.39, 0.29) is 0 Å². The lowest BCUT2D eigenvalue weighted by Crippen LogP contribution is -1.96. The number of pyridine rings is 2. The molecule has 4 aromatic carbocycles. The standard InChI is InChI=1S/C32H20N4O/c1-3-12-29-25(9-1)24-15-14-23(20-28(24)31-34-17-18-35(29)31)37-22-8-5-7-21(19-22)36-30-13-4-2-10-26(30)27-11-6-16-33-32(27)36/h1-20H. The van der Waals surface area contributed by atoms with Crippen LogP contribution in [0.4, 0.5) is 0 Å². The van der Waals surface area contributed by atoms with Crippen LogP contribution in [0.5, 0.6) is 11.5 Å². The highest BCUT2D eigenvalue weighted by Crippen LogP contribution is 2.35. The molecule has 0 spiro atoms. The van der Waals surface area contributed by atoms with Crippen molar-refractivity contribution >= 4 is 49.3 Å². The fraction of sp³-hybridized carbons (Fsp3) is 0. The Bertz CT molecular complexity index is 2080. The van der Waals surface area contributed by atoms with E-state index in [1.54, 1.807) is 0 Å². The number of hydrogen-bond acceptors (Lipinski definition) is 3. The molecule has 0 radical (unpaired) electrons. The van der Waals surface area contributed by atoms with E-state index >= 15 is 0 Å². The van der Waals surface area contributed by atoms with Crippen LogP contribution in [-0.2, 0) is 0 Å². The topological polar surface area (TPSA) is 44.4 Å². The number of rotatable bonds is 3. The monoisotopic (exact) mass is 476 g/mol. The van der Waals surface area contributed by atoms with Crippen molar-refractivity contribution in [3.63, 3.8) is 0 Å². The summed E-state index contributed by atoms with van der Waals surface area (Å²) in [5, 5.41) is 5.73. The number of ether oxygens (including phenoxy) is 1. The predicted octanol–water partition coefficient (Wildman–Crippen LogP) is 7.93. The summed E-state index contributed by atoms with van der Waals surface area (Å²) < 4.78 is 10.7. The first-order valence-electron chi connectivity index (χ1n) is 12.3. The molecule has 37 heavy (non-hydrogen) atoms. The first-order valence-corrected chi connectivity index (χ1v) is 12.3. The van der Waals surface area contributed by atoms with Crippen LogP contribution in [-0.4, -0.2) is 18.9 Å². The van der Waals surface area contributed by atoms with E-state index in [0.717, 1.165) is 55.7 Å². The van der Waals surface area contributed by atoms with Crippen LogP contribution in [0.1, 0.15) is 0 Å². The van der Waals surface area contributed by atoms with E-state index in [1.165, 1.54) is 10.8 Å². The van der Waals surface area contributed by atoms with E-state index in [9.17, 15) is 0 Å². The third kappa shape index (κ3) is 2.98. The number of para-hydroxylation sites is 2. The number of hydrogen-bond donors (Lipinski definition) is 0. The molecule has 0 fully saturated rings. The number of fused-ring (bicyclic) bond motifs is 9. The number of benzene rings is 4. The Morgan fingerprint density at radius 2 is 1.27 bits per heavy atom. The molecule has 0 aliphatic heterocycles. The molecule has 0 aliphatic carbocycles. The van der Waals surface area contributed by atoms with Gasteiger partial charge in [0.1, 0.15) is 22.8 Å². The molecule has 0 unspecified atom stereocenters. The zero-order valence-electron chi connectivity index (χ0n) is 19.7. The van der Waals surface area contributed by atoms with Crippen molar-refractivity contribution in [2.45, 2.75) is 0 Å². The minimum Gasteiger partial charge on any atom is -0.457 e. The van der Waals surface area contributed by atoms with Crippen LogP contribution in [0.15, 0.2) is 122 Å². The second-order valence-corrected chi connectivity index (χ2v) is 9.17. The third-order valence-corrected chi connectivity index (χ3v) is 7.07. The van der Waals surface area contributed by atoms with Gasteiger partial charge < -0.3 is 4.74 Å². The van der Waals surface area contributed by atoms with Gasteiger partial charge in [-0.15, -0.1) is 0 Å². The van der Waals surface area contributed by atoms with E-state index in [0.29, 0.717) is 0 Å². The molecule has 0 bridgehead atoms. The Labute approximate surface area is 211 Å². The molecule has 0 amide bonds. The molecule has 0 saturated heterocycles. The molecule has 4 heterocycles. The van der Waals surface area contributed by atoms with Crippen molar-refractivity contribution in [3.05, 3.63) is 122 Å². The molecular formula is C32H20N4O. The summed E-state index contributed by atoms with van der Waals surface area (Å²) in [6, 6.07) is 35.3. The summed E-state index contributed by atoms with van der Waals surface area (Å²) in [4.78, 5) is 9.35. The normalized spacial score (nSPS) is 11.8. The maximum absolute atomic E-state index is 6.42. The molecule has 0 atom stereocenters. The Balaban J connectivity index is 1.26. The second-order valence-electron chi connectivity index (χ2n) is 9.17. The SMILES string of the molecule is c1cc(Oc2ccc3c4ccccc4n4ccnc4c3c2)cc(-n2c3ccccc3c3cccnc32)c1. The van der Waals surface area contributed by atoms with Crippen LogP contribution >= 0.6 is 0 Å². The Morgan fingerprint density at radius 1 is 0.514 bits per heavy atom. The van der Waals surface area contributed by atoms with Gasteiger partial charge in [0, 0.05) is 46.2 Å². The summed E-state index contributed by atoms with van der Waals surface area (Å²) in [5.74, 6) is 1.53. The Morgan fingerprint density at radius 3 is 2.19 bits per heavy atom. The number of imidazole rings is 1. The number of aromatic nitrogens is 4. The van der Waals surface area contributed by atoms with Crippen LogP contribution in [0.2, 0.25) is 0 Å². The van der Waals surface area contributed by atoms with E-state index in [1.807, 2.05) is 42.9 Å². The average molecular weight is 477 g/mol. The van der Waals surface area contributed by atoms with Gasteiger partial charge >= 0.3 is 0 Å². The molecule has 5 nitrogen and oxygen atoms in total. The summed E-state index contributed by atoms with van der Waals surface area (Å²) in [5.41, 5.74) is 5.12. The van der Waals surface area contributed by atoms with Crippen LogP contribution in [0.3, 0.4) is 0 Å². The lowest BCUT2D eigenvalue weighted by molar-refractivity contribution is 0.483. The second kappa shape index (κ2) is 7.67. The quantitative estimate of drug-likeness (QED) is 0.243. The summed E-state index contributed by atoms with van der Waals surface area (Å²) in [6.45, 7) is 0. The molecule has 4 aromatic heterocycles. The van der Waals surface area contributed by atoms with Crippen LogP contribution in [0.25, 0.3) is 54.9 Å². The highest BCUT2D eigenvalue weighted by Gasteiger charge is 2.14. The fourth-order valence-electron chi connectivity index (χ4n) is 5.49. The molecule has 8 rings (SSSR count). The third-order valence-electron chi connectivity index (χ3n) is 7.07. The van der Waals surface area contributed by atoms with E-state index in [2.05, 4.69) is 92.8 Å². The minimum atomic E-state index is 0.763. The largest absolute Gasteiger partial charge is 0.457 e. The summed E-state index contributed by atoms with van der Waals surface area (Å²) in [6.07, 6.45) is 5.69. The molecule has 174 valence electrons. The zero-order valence-corrected chi connectivity index (χ0v) is 19.7. The van der Waals surface area contributed by atoms with Gasteiger partial charge in [0.25, 0.3) is 0 Å². The van der Waals surface area contributed by atoms with Gasteiger partial charge in [0.15, 0.2) is 0 Å². The molecule has 0 aliphatic rings. The first-order chi connectivity index (χ1) is 18.3. The van der Waals surface area contributed by atoms with Gasteiger partial charge in [-0.25, -0.2) is 9.97 Å². The Kier molecular flexibility index (Phi) is 4.16. The first kappa shape index (κ1) is 20.1. The van der Waals surface area contributed by atoms with Crippen molar-refractivity contribution < 1.29 is 4.74 Å². The van der Waals surface area contributed by atoms with Crippen LogP contribution < -0.4 is 4.74 Å². The van der Waals surface area contributed by atoms with Gasteiger partial charge in [-0.3, -0.25) is 8.97 Å². The summed E-state index contributed by atoms with van der Waals surface area (Å²) >= 11 is 0. The lowest BCUT2D eigenvalue weighted by Gasteiger charge is -2.12. The van der Waals surface area contributed by atoms with Gasteiger partial charge in [-0.2, -0.15) is 0 Å². The maximum Gasteiger partial charge on any atom is 0.145 e. The van der Waals surface area contributed by atoms with Crippen molar-refractivity contribution in [2.75, 3.05) is 0 Å².